The number of sulfonamides is 8. The van der Waals surface area contributed by atoms with Gasteiger partial charge in [0.05, 0.1) is 121 Å². The molecule has 0 bridgehead atoms. The van der Waals surface area contributed by atoms with Gasteiger partial charge in [0.1, 0.15) is 14.7 Å². The molecule has 0 saturated carbocycles. The minimum Gasteiger partial charge on any atom is -0.280 e. The van der Waals surface area contributed by atoms with Crippen molar-refractivity contribution in [1.29, 1.82) is 0 Å². The van der Waals surface area contributed by atoms with Crippen LogP contribution in [-0.2, 0) is 80.2 Å². The van der Waals surface area contributed by atoms with Crippen molar-refractivity contribution in [1.82, 2.24) is 24.9 Å². The molecule has 0 amide bonds. The largest absolute Gasteiger partial charge is 0.280 e. The molecule has 0 atom stereocenters. The average Bonchev–Trinajstić information content (AvgIpc) is 1.48. The first kappa shape index (κ1) is 98.3. The van der Waals surface area contributed by atoms with Gasteiger partial charge < -0.3 is 0 Å². The van der Waals surface area contributed by atoms with E-state index in [-0.39, 0.29) is 69.0 Å². The van der Waals surface area contributed by atoms with Crippen LogP contribution in [0.2, 0.25) is 25.1 Å². The summed E-state index contributed by atoms with van der Waals surface area (Å²) in [6.45, 7) is 5.31. The summed E-state index contributed by atoms with van der Waals surface area (Å²) >= 11 is 31.7. The molecule has 4 fully saturated rings. The third-order valence-electron chi connectivity index (χ3n) is 23.1. The quantitative estimate of drug-likeness (QED) is 0.0550. The van der Waals surface area contributed by atoms with E-state index in [0.29, 0.717) is 124 Å². The van der Waals surface area contributed by atoms with Crippen LogP contribution in [0.5, 0.6) is 0 Å². The van der Waals surface area contributed by atoms with Gasteiger partial charge >= 0.3 is 0 Å². The highest BCUT2D eigenvalue weighted by atomic mass is 35.5. The fourth-order valence-electron chi connectivity index (χ4n) is 16.3. The Kier molecular flexibility index (Phi) is 28.1. The van der Waals surface area contributed by atoms with Gasteiger partial charge in [-0.25, -0.2) is 82.3 Å². The first-order chi connectivity index (χ1) is 66.2. The number of rotatable bonds is 20. The smallest absolute Gasteiger partial charge is 0.263 e. The molecule has 0 aliphatic carbocycles. The Morgan fingerprint density at radius 3 is 1.07 bits per heavy atom. The lowest BCUT2D eigenvalue weighted by molar-refractivity contribution is 0.597. The zero-order valence-corrected chi connectivity index (χ0v) is 83.7. The SMILES string of the molecule is Cc1ccc(NS(=O)(=O)c2ccc(N3CCCS3(=O)=O)cc2)cc1-c1ccc2ccccc2n1.Cc1ccc(NS(=O)(=O)c2ccc(N3CCCS3(=O)=O)cc2Cl)cc1-c1nccc2ccccc12.O=S(=O)(Nc1ccc(Cl)c(-c2ccc3ccccc3n2)c1)c1ccc(N2CCCS2(=O)=O)cc1Cl.O=S(=O)(Nc1ccc(Cl)c(-c2ccc3ncccc3n2)c1)c1ccc(N2CCCS2(=O)=O)cc1Cl. The first-order valence-corrected chi connectivity index (χ1v) is 57.1. The van der Waals surface area contributed by atoms with E-state index in [1.165, 1.54) is 102 Å². The number of nitrogens with zero attached hydrogens (tertiary/aromatic N) is 9. The molecule has 0 unspecified atom stereocenters. The molecule has 714 valence electrons. The Balaban J connectivity index is 0.000000128. The Labute approximate surface area is 829 Å². The van der Waals surface area contributed by atoms with Crippen LogP contribution in [0.15, 0.2) is 311 Å². The molecule has 11 aromatic carbocycles. The van der Waals surface area contributed by atoms with E-state index in [1.807, 2.05) is 141 Å². The molecule has 20 rings (SSSR count). The number of benzene rings is 11. The molecule has 4 saturated heterocycles. The maximum atomic E-state index is 13.2. The van der Waals surface area contributed by atoms with Crippen molar-refractivity contribution in [3.8, 4) is 45.0 Å². The van der Waals surface area contributed by atoms with Gasteiger partial charge in [0, 0.05) is 99.7 Å². The zero-order chi connectivity index (χ0) is 98.3. The van der Waals surface area contributed by atoms with E-state index >= 15 is 0 Å². The highest BCUT2D eigenvalue weighted by molar-refractivity contribution is 7.95. The summed E-state index contributed by atoms with van der Waals surface area (Å²) in [5.74, 6) is 0.273. The van der Waals surface area contributed by atoms with E-state index < -0.39 is 80.2 Å². The van der Waals surface area contributed by atoms with Crippen molar-refractivity contribution < 1.29 is 67.3 Å². The van der Waals surface area contributed by atoms with Crippen molar-refractivity contribution in [2.45, 2.75) is 59.1 Å². The zero-order valence-electron chi connectivity index (χ0n) is 73.4. The Morgan fingerprint density at radius 2 is 0.640 bits per heavy atom. The Morgan fingerprint density at radius 1 is 0.288 bits per heavy atom. The van der Waals surface area contributed by atoms with Gasteiger partial charge in [-0.3, -0.25) is 46.1 Å². The second-order valence-electron chi connectivity index (χ2n) is 32.6. The molecule has 139 heavy (non-hydrogen) atoms. The van der Waals surface area contributed by atoms with Gasteiger partial charge in [-0.1, -0.05) is 143 Å². The number of para-hydroxylation sites is 2. The van der Waals surface area contributed by atoms with E-state index in [4.69, 9.17) is 63.0 Å². The Bertz CT molecular complexity index is 8350. The summed E-state index contributed by atoms with van der Waals surface area (Å²) in [6, 6.07) is 78.4. The second kappa shape index (κ2) is 39.7. The van der Waals surface area contributed by atoms with E-state index in [9.17, 15) is 67.3 Å². The van der Waals surface area contributed by atoms with Crippen LogP contribution >= 0.6 is 58.0 Å². The van der Waals surface area contributed by atoms with Crippen molar-refractivity contribution >= 4 is 227 Å². The number of hydrogen-bond donors (Lipinski definition) is 4. The highest BCUT2D eigenvalue weighted by Gasteiger charge is 2.35. The van der Waals surface area contributed by atoms with Crippen molar-refractivity contribution in [3.05, 3.63) is 328 Å². The molecule has 0 spiro atoms. The summed E-state index contributed by atoms with van der Waals surface area (Å²) in [4.78, 5) is 22.3. The van der Waals surface area contributed by atoms with Gasteiger partial charge in [0.15, 0.2) is 0 Å². The number of anilines is 8. The first-order valence-electron chi connectivity index (χ1n) is 42.9. The fourth-order valence-corrected chi connectivity index (χ4v) is 28.8. The predicted octanol–water partition coefficient (Wildman–Crippen LogP) is 20.2. The van der Waals surface area contributed by atoms with Crippen LogP contribution in [0, 0.1) is 13.8 Å². The van der Waals surface area contributed by atoms with Crippen LogP contribution < -0.4 is 36.1 Å². The highest BCUT2D eigenvalue weighted by Crippen LogP contribution is 2.41. The maximum Gasteiger partial charge on any atom is 0.263 e. The fraction of sp³-hybridized carbons (Fsp3) is 0.144. The summed E-state index contributed by atoms with van der Waals surface area (Å²) < 4.78 is 218. The summed E-state index contributed by atoms with van der Waals surface area (Å²) in [5.41, 5.74) is 13.2. The monoisotopic (exact) mass is 2120 g/mol. The maximum absolute atomic E-state index is 13.2. The molecule has 5 aromatic heterocycles. The van der Waals surface area contributed by atoms with E-state index in [2.05, 4.69) is 38.8 Å². The second-order valence-corrected chi connectivity index (χ2v) is 49.3. The molecule has 4 N–H and O–H groups in total. The molecule has 29 nitrogen and oxygen atoms in total. The summed E-state index contributed by atoms with van der Waals surface area (Å²) in [7, 11) is -29.6. The van der Waals surface area contributed by atoms with Gasteiger partial charge in [-0.05, 0) is 250 Å². The van der Waals surface area contributed by atoms with Gasteiger partial charge in [0.25, 0.3) is 40.1 Å². The molecular weight excluding hydrogens is 2040 g/mol. The third kappa shape index (κ3) is 21.7. The molecule has 4 aliphatic heterocycles. The third-order valence-corrected chi connectivity index (χ3v) is 38.3. The van der Waals surface area contributed by atoms with Crippen molar-refractivity contribution in [2.75, 3.05) is 85.3 Å². The molecule has 9 heterocycles. The Hall–Kier alpha value is -12.3. The molecule has 42 heteroatoms. The lowest BCUT2D eigenvalue weighted by Crippen LogP contribution is -2.25. The normalized spacial score (nSPS) is 15.4. The number of hydrogen-bond acceptors (Lipinski definition) is 21. The summed E-state index contributed by atoms with van der Waals surface area (Å²) in [5, 5.41) is 4.61. The number of aromatic nitrogens is 5. The summed E-state index contributed by atoms with van der Waals surface area (Å²) in [6.07, 6.45) is 5.49. The molecule has 16 aromatic rings. The molecule has 4 aliphatic rings. The van der Waals surface area contributed by atoms with Crippen LogP contribution in [0.25, 0.3) is 88.6 Å². The van der Waals surface area contributed by atoms with Crippen LogP contribution in [0.3, 0.4) is 0 Å². The predicted molar refractivity (Wildman–Crippen MR) is 553 cm³/mol. The average molecular weight is 2120 g/mol. The van der Waals surface area contributed by atoms with Crippen LogP contribution in [0.1, 0.15) is 36.8 Å². The standard InChI is InChI=1S/C25H22ClN3O4S2.C25H23N3O4S2.C24H19Cl2N3O4S2.C23H18Cl2N4O4S2/c1-17-7-8-19(15-22(17)25-21-6-3-2-5-18(21)11-12-27-25)28-35(32,33)24-10-9-20(16-23(24)26)29-13-4-14-34(29,30)31;1-18-7-9-20(17-23(18)25-14-8-19-5-2-3-6-24(19)26-25)27-34(31,32)22-12-10-21(11-13-22)28-15-4-16-33(28,29)30;25-20-9-7-17(14-19(20)23-10-6-16-4-1-2-5-22(16)27-23)28-35(32,33)24-11-8-18(15-21(24)26)29-12-3-13-34(29,30)31;24-18-6-4-15(13-17(18)20-7-8-21-22(27-20)3-1-10-26-21)28-35(32,33)23-9-5-16(14-19(23)25)29-11-2-12-34(29,30)31/h2-3,5-12,15-16,28H,4,13-14H2,1H3;2-3,5-14,17,27H,4,15-16H2,1H3;1-2,4-11,14-15,28H,3,12-13H2;1,3-10,13-14,28H,2,11-12H2. The van der Waals surface area contributed by atoms with Gasteiger partial charge in [0.2, 0.25) is 40.1 Å². The lowest BCUT2D eigenvalue weighted by atomic mass is 10.00. The number of fused-ring (bicyclic) bond motifs is 4. The van der Waals surface area contributed by atoms with Crippen LogP contribution in [0.4, 0.5) is 45.5 Å². The van der Waals surface area contributed by atoms with E-state index in [0.717, 1.165) is 71.7 Å². The molecular formula is C97H82Cl5N13O16S8. The van der Waals surface area contributed by atoms with Crippen LogP contribution in [-0.4, -0.2) is 141 Å². The minimum absolute atomic E-state index is 0.0493. The number of halogens is 5. The van der Waals surface area contributed by atoms with Crippen molar-refractivity contribution in [3.63, 3.8) is 0 Å². The topological polar surface area (TPSA) is 399 Å². The van der Waals surface area contributed by atoms with Gasteiger partial charge in [-0.2, -0.15) is 0 Å². The van der Waals surface area contributed by atoms with Crippen molar-refractivity contribution in [2.24, 2.45) is 0 Å². The number of nitrogens with one attached hydrogen (secondary N) is 4. The number of pyridine rings is 5. The lowest BCUT2D eigenvalue weighted by Gasteiger charge is -2.18. The minimum atomic E-state index is -4.08. The van der Waals surface area contributed by atoms with Gasteiger partial charge in [-0.15, -0.1) is 0 Å². The van der Waals surface area contributed by atoms with E-state index in [1.54, 1.807) is 79.1 Å². The number of aryl methyl sites for hydroxylation is 2. The molecule has 0 radical (unpaired) electrons.